The van der Waals surface area contributed by atoms with Crippen molar-refractivity contribution in [2.75, 3.05) is 26.7 Å². The number of aromatic amines is 1. The van der Waals surface area contributed by atoms with E-state index in [1.807, 2.05) is 29.3 Å². The molecule has 1 aliphatic heterocycles. The zero-order valence-corrected chi connectivity index (χ0v) is 18.5. The largest absolute Gasteiger partial charge is 0.496 e. The highest BCUT2D eigenvalue weighted by atomic mass is 79.9. The van der Waals surface area contributed by atoms with Gasteiger partial charge in [0.15, 0.2) is 0 Å². The van der Waals surface area contributed by atoms with Gasteiger partial charge in [0, 0.05) is 47.5 Å². The minimum Gasteiger partial charge on any atom is -0.496 e. The molecule has 156 valence electrons. The van der Waals surface area contributed by atoms with Gasteiger partial charge >= 0.3 is 6.03 Å². The fraction of sp³-hybridized carbons (Fsp3) is 0.304. The van der Waals surface area contributed by atoms with Gasteiger partial charge in [-0.2, -0.15) is 0 Å². The monoisotopic (exact) mass is 468 g/mol. The molecule has 7 heteroatoms. The van der Waals surface area contributed by atoms with Gasteiger partial charge in [-0.3, -0.25) is 0 Å². The average Bonchev–Trinajstić information content (AvgIpc) is 3.21. The van der Waals surface area contributed by atoms with Gasteiger partial charge in [0.2, 0.25) is 0 Å². The summed E-state index contributed by atoms with van der Waals surface area (Å²) in [6.45, 7) is 1.97. The highest BCUT2D eigenvalue weighted by Crippen LogP contribution is 2.28. The number of urea groups is 1. The Bertz CT molecular complexity index is 1080. The highest BCUT2D eigenvalue weighted by molar-refractivity contribution is 9.10. The number of carbonyl (C=O) groups excluding carboxylic acids is 1. The molecule has 2 aromatic heterocycles. The molecule has 3 heterocycles. The minimum absolute atomic E-state index is 0.00731. The topological polar surface area (TPSA) is 70.2 Å². The normalized spacial score (nSPS) is 13.9. The number of pyridine rings is 1. The maximum Gasteiger partial charge on any atom is 0.317 e. The van der Waals surface area contributed by atoms with Crippen LogP contribution in [0.1, 0.15) is 24.0 Å². The number of halogens is 1. The summed E-state index contributed by atoms with van der Waals surface area (Å²) in [6.07, 6.45) is 8.49. The number of rotatable bonds is 6. The molecule has 0 unspecified atom stereocenters. The lowest BCUT2D eigenvalue weighted by atomic mass is 10.00. The van der Waals surface area contributed by atoms with E-state index >= 15 is 0 Å². The van der Waals surface area contributed by atoms with Crippen molar-refractivity contribution in [1.82, 2.24) is 20.2 Å². The molecule has 1 aliphatic rings. The van der Waals surface area contributed by atoms with Crippen LogP contribution in [0.5, 0.6) is 5.75 Å². The van der Waals surface area contributed by atoms with Crippen LogP contribution >= 0.6 is 15.9 Å². The summed E-state index contributed by atoms with van der Waals surface area (Å²) in [7, 11) is 1.68. The Morgan fingerprint density at radius 3 is 3.07 bits per heavy atom. The molecule has 3 aromatic rings. The summed E-state index contributed by atoms with van der Waals surface area (Å²) in [5.41, 5.74) is 4.48. The molecule has 0 bridgehead atoms. The Hall–Kier alpha value is -2.80. The quantitative estimate of drug-likeness (QED) is 0.512. The second-order valence-corrected chi connectivity index (χ2v) is 8.23. The van der Waals surface area contributed by atoms with E-state index in [0.29, 0.717) is 19.6 Å². The van der Waals surface area contributed by atoms with Gasteiger partial charge in [0.05, 0.1) is 7.11 Å². The maximum atomic E-state index is 12.5. The number of hydrogen-bond acceptors (Lipinski definition) is 3. The number of H-pyrrole nitrogens is 1. The first kappa shape index (κ1) is 20.5. The molecular formula is C23H25BrN4O2. The van der Waals surface area contributed by atoms with Crippen molar-refractivity contribution < 1.29 is 9.53 Å². The first-order chi connectivity index (χ1) is 14.7. The van der Waals surface area contributed by atoms with E-state index in [1.54, 1.807) is 13.3 Å². The van der Waals surface area contributed by atoms with Crippen LogP contribution in [0.3, 0.4) is 0 Å². The van der Waals surface area contributed by atoms with Gasteiger partial charge in [-0.05, 0) is 60.7 Å². The van der Waals surface area contributed by atoms with Crippen molar-refractivity contribution >= 4 is 38.6 Å². The summed E-state index contributed by atoms with van der Waals surface area (Å²) < 4.78 is 6.44. The van der Waals surface area contributed by atoms with Crippen LogP contribution in [0.2, 0.25) is 0 Å². The van der Waals surface area contributed by atoms with Gasteiger partial charge in [0.1, 0.15) is 11.4 Å². The molecule has 1 aromatic carbocycles. The lowest BCUT2D eigenvalue weighted by Crippen LogP contribution is -2.42. The van der Waals surface area contributed by atoms with E-state index < -0.39 is 0 Å². The third-order valence-electron chi connectivity index (χ3n) is 5.43. The summed E-state index contributed by atoms with van der Waals surface area (Å²) in [4.78, 5) is 22.0. The van der Waals surface area contributed by atoms with Crippen LogP contribution in [0, 0.1) is 0 Å². The molecule has 0 aliphatic carbocycles. The predicted molar refractivity (Wildman–Crippen MR) is 123 cm³/mol. The molecule has 0 fully saturated rings. The van der Waals surface area contributed by atoms with Gasteiger partial charge in [0.25, 0.3) is 0 Å². The number of carbonyl (C=O) groups is 1. The zero-order valence-electron chi connectivity index (χ0n) is 17.0. The summed E-state index contributed by atoms with van der Waals surface area (Å²) >= 11 is 3.50. The first-order valence-corrected chi connectivity index (χ1v) is 10.9. The van der Waals surface area contributed by atoms with Gasteiger partial charge < -0.3 is 19.9 Å². The number of amides is 2. The number of aryl methyl sites for hydroxylation is 1. The van der Waals surface area contributed by atoms with Crippen LogP contribution in [0.4, 0.5) is 4.79 Å². The minimum atomic E-state index is -0.00731. The van der Waals surface area contributed by atoms with Crippen molar-refractivity contribution in [1.29, 1.82) is 0 Å². The van der Waals surface area contributed by atoms with E-state index in [-0.39, 0.29) is 6.03 Å². The van der Waals surface area contributed by atoms with E-state index in [1.165, 1.54) is 11.1 Å². The van der Waals surface area contributed by atoms with E-state index in [2.05, 4.69) is 49.4 Å². The van der Waals surface area contributed by atoms with Gasteiger partial charge in [-0.1, -0.05) is 22.0 Å². The summed E-state index contributed by atoms with van der Waals surface area (Å²) in [5, 5.41) is 4.17. The standard InChI is InChI=1S/C23H25BrN4O2/c1-30-21-7-6-18(24)14-17(21)4-2-11-26-23(29)28-12-8-16(9-13-28)20-15-27-22-19(20)5-3-10-25-22/h3,5-8,10,14-15H,2,4,9,11-13H2,1H3,(H,25,27)(H,26,29). The number of hydrogen-bond donors (Lipinski definition) is 2. The maximum absolute atomic E-state index is 12.5. The number of benzene rings is 1. The second-order valence-electron chi connectivity index (χ2n) is 7.32. The molecular weight excluding hydrogens is 444 g/mol. The Morgan fingerprint density at radius 2 is 2.27 bits per heavy atom. The van der Waals surface area contributed by atoms with Crippen LogP contribution in [0.25, 0.3) is 16.6 Å². The van der Waals surface area contributed by atoms with E-state index in [9.17, 15) is 4.79 Å². The molecule has 0 radical (unpaired) electrons. The Balaban J connectivity index is 1.28. The molecule has 0 saturated heterocycles. The van der Waals surface area contributed by atoms with Gasteiger partial charge in [-0.15, -0.1) is 0 Å². The van der Waals surface area contributed by atoms with E-state index in [4.69, 9.17) is 4.74 Å². The average molecular weight is 469 g/mol. The van der Waals surface area contributed by atoms with Crippen molar-refractivity contribution in [3.05, 3.63) is 64.4 Å². The molecule has 0 spiro atoms. The van der Waals surface area contributed by atoms with Crippen LogP contribution in [-0.2, 0) is 6.42 Å². The predicted octanol–water partition coefficient (Wildman–Crippen LogP) is 4.77. The van der Waals surface area contributed by atoms with Crippen molar-refractivity contribution in [2.24, 2.45) is 0 Å². The van der Waals surface area contributed by atoms with Crippen LogP contribution in [-0.4, -0.2) is 47.6 Å². The number of fused-ring (bicyclic) bond motifs is 1. The highest BCUT2D eigenvalue weighted by Gasteiger charge is 2.19. The van der Waals surface area contributed by atoms with Crippen molar-refractivity contribution in [3.8, 4) is 5.75 Å². The molecule has 0 atom stereocenters. The Morgan fingerprint density at radius 1 is 1.37 bits per heavy atom. The zero-order chi connectivity index (χ0) is 20.9. The summed E-state index contributed by atoms with van der Waals surface area (Å²) in [6, 6.07) is 10.0. The van der Waals surface area contributed by atoms with Gasteiger partial charge in [-0.25, -0.2) is 9.78 Å². The number of methoxy groups -OCH3 is 1. The fourth-order valence-electron chi connectivity index (χ4n) is 3.85. The fourth-order valence-corrected chi connectivity index (χ4v) is 4.26. The molecule has 2 N–H and O–H groups in total. The third kappa shape index (κ3) is 4.51. The number of nitrogens with one attached hydrogen (secondary N) is 2. The lowest BCUT2D eigenvalue weighted by molar-refractivity contribution is 0.203. The number of aromatic nitrogens is 2. The third-order valence-corrected chi connectivity index (χ3v) is 5.93. The SMILES string of the molecule is COc1ccc(Br)cc1CCCNC(=O)N1CC=C(c2c[nH]c3ncccc23)CC1. The smallest absolute Gasteiger partial charge is 0.317 e. The molecule has 0 saturated carbocycles. The molecule has 30 heavy (non-hydrogen) atoms. The van der Waals surface area contributed by atoms with Crippen molar-refractivity contribution in [2.45, 2.75) is 19.3 Å². The second kappa shape index (κ2) is 9.34. The first-order valence-electron chi connectivity index (χ1n) is 10.1. The number of nitrogens with zero attached hydrogens (tertiary/aromatic N) is 2. The summed E-state index contributed by atoms with van der Waals surface area (Å²) in [5.74, 6) is 0.880. The Labute approximate surface area is 184 Å². The lowest BCUT2D eigenvalue weighted by Gasteiger charge is -2.26. The van der Waals surface area contributed by atoms with Crippen LogP contribution < -0.4 is 10.1 Å². The molecule has 4 rings (SSSR count). The van der Waals surface area contributed by atoms with Crippen LogP contribution in [0.15, 0.2) is 53.3 Å². The number of ether oxygens (including phenoxy) is 1. The Kier molecular flexibility index (Phi) is 6.38. The van der Waals surface area contributed by atoms with E-state index in [0.717, 1.165) is 46.1 Å². The molecule has 2 amide bonds. The van der Waals surface area contributed by atoms with Crippen molar-refractivity contribution in [3.63, 3.8) is 0 Å². The molecule has 6 nitrogen and oxygen atoms in total.